The van der Waals surface area contributed by atoms with Crippen LogP contribution in [0.2, 0.25) is 0 Å². The van der Waals surface area contributed by atoms with E-state index in [4.69, 9.17) is 4.74 Å². The van der Waals surface area contributed by atoms with Crippen molar-refractivity contribution in [3.63, 3.8) is 0 Å². The predicted molar refractivity (Wildman–Crippen MR) is 82.4 cm³/mol. The summed E-state index contributed by atoms with van der Waals surface area (Å²) in [6.07, 6.45) is 2.22. The topological polar surface area (TPSA) is 24.5 Å². The third-order valence-electron chi connectivity index (χ3n) is 4.61. The van der Waals surface area contributed by atoms with Gasteiger partial charge < -0.3 is 10.1 Å². The molecule has 2 aliphatic heterocycles. The molecule has 1 unspecified atom stereocenters. The number of fused-ring (bicyclic) bond motifs is 1. The van der Waals surface area contributed by atoms with E-state index in [9.17, 15) is 0 Å². The van der Waals surface area contributed by atoms with Crippen LogP contribution in [0.25, 0.3) is 0 Å². The summed E-state index contributed by atoms with van der Waals surface area (Å²) in [7, 11) is 0. The molecule has 0 amide bonds. The summed E-state index contributed by atoms with van der Waals surface area (Å²) < 4.78 is 5.58. The molecular weight excluding hydrogens is 248 g/mol. The number of nitrogens with zero attached hydrogens (tertiary/aromatic N) is 1. The van der Waals surface area contributed by atoms with Gasteiger partial charge in [-0.05, 0) is 29.5 Å². The molecule has 1 fully saturated rings. The van der Waals surface area contributed by atoms with Crippen LogP contribution in [0.15, 0.2) is 18.2 Å². The Labute approximate surface area is 122 Å². The largest absolute Gasteiger partial charge is 0.493 e. The minimum atomic E-state index is 0.682. The zero-order chi connectivity index (χ0) is 13.9. The zero-order valence-electron chi connectivity index (χ0n) is 12.7. The van der Waals surface area contributed by atoms with Crippen molar-refractivity contribution in [2.75, 3.05) is 32.8 Å². The highest BCUT2D eigenvalue weighted by molar-refractivity contribution is 5.39. The highest BCUT2D eigenvalue weighted by atomic mass is 16.5. The summed E-state index contributed by atoms with van der Waals surface area (Å²) in [5.74, 6) is 1.81. The molecule has 0 aromatic heterocycles. The van der Waals surface area contributed by atoms with Crippen molar-refractivity contribution in [1.82, 2.24) is 10.2 Å². The van der Waals surface area contributed by atoms with Crippen LogP contribution in [-0.4, -0.2) is 43.7 Å². The molecule has 1 saturated heterocycles. The summed E-state index contributed by atoms with van der Waals surface area (Å²) in [6.45, 7) is 10.1. The second-order valence-corrected chi connectivity index (χ2v) is 6.34. The summed E-state index contributed by atoms with van der Waals surface area (Å²) in [5.41, 5.74) is 2.85. The molecule has 2 aliphatic rings. The van der Waals surface area contributed by atoms with Crippen molar-refractivity contribution in [2.24, 2.45) is 5.92 Å². The lowest BCUT2D eigenvalue weighted by atomic mass is 9.99. The molecule has 0 spiro atoms. The molecule has 1 N–H and O–H groups in total. The summed E-state index contributed by atoms with van der Waals surface area (Å²) in [6, 6.07) is 7.41. The molecule has 2 heterocycles. The first-order valence-electron chi connectivity index (χ1n) is 7.93. The van der Waals surface area contributed by atoms with Gasteiger partial charge in [0.1, 0.15) is 5.75 Å². The molecule has 110 valence electrons. The van der Waals surface area contributed by atoms with Crippen molar-refractivity contribution in [2.45, 2.75) is 32.7 Å². The van der Waals surface area contributed by atoms with E-state index in [1.165, 1.54) is 24.2 Å². The normalized spacial score (nSPS) is 22.9. The third-order valence-corrected chi connectivity index (χ3v) is 4.61. The molecule has 20 heavy (non-hydrogen) atoms. The van der Waals surface area contributed by atoms with Crippen molar-refractivity contribution in [3.8, 4) is 5.75 Å². The average Bonchev–Trinajstić information content (AvgIpc) is 2.92. The molecule has 0 bridgehead atoms. The number of benzene rings is 1. The molecule has 0 radical (unpaired) electrons. The third kappa shape index (κ3) is 2.99. The second-order valence-electron chi connectivity index (χ2n) is 6.34. The fourth-order valence-corrected chi connectivity index (χ4v) is 3.37. The van der Waals surface area contributed by atoms with E-state index in [0.717, 1.165) is 44.2 Å². The first-order chi connectivity index (χ1) is 9.74. The Kier molecular flexibility index (Phi) is 4.27. The van der Waals surface area contributed by atoms with Gasteiger partial charge in [0.2, 0.25) is 0 Å². The van der Waals surface area contributed by atoms with Crippen LogP contribution >= 0.6 is 0 Å². The molecule has 1 atom stereocenters. The first kappa shape index (κ1) is 13.9. The van der Waals surface area contributed by atoms with Gasteiger partial charge in [-0.3, -0.25) is 4.90 Å². The van der Waals surface area contributed by atoms with E-state index in [2.05, 4.69) is 42.3 Å². The first-order valence-corrected chi connectivity index (χ1v) is 7.93. The standard InChI is InChI=1S/C17H26N2O/c1-13(2)16-12-18-7-9-19(16)8-5-14-3-4-17-15(11-14)6-10-20-17/h3-4,11,13,16,18H,5-10,12H2,1-2H3. The van der Waals surface area contributed by atoms with Crippen molar-refractivity contribution in [3.05, 3.63) is 29.3 Å². The monoisotopic (exact) mass is 274 g/mol. The van der Waals surface area contributed by atoms with Crippen LogP contribution < -0.4 is 10.1 Å². The molecule has 0 aliphatic carbocycles. The number of rotatable bonds is 4. The van der Waals surface area contributed by atoms with Gasteiger partial charge in [0.05, 0.1) is 6.61 Å². The lowest BCUT2D eigenvalue weighted by Crippen LogP contribution is -2.53. The molecule has 0 saturated carbocycles. The van der Waals surface area contributed by atoms with Gasteiger partial charge in [-0.2, -0.15) is 0 Å². The van der Waals surface area contributed by atoms with E-state index in [-0.39, 0.29) is 0 Å². The van der Waals surface area contributed by atoms with Gasteiger partial charge in [-0.25, -0.2) is 0 Å². The Balaban J connectivity index is 1.60. The summed E-state index contributed by atoms with van der Waals surface area (Å²) in [5, 5.41) is 3.52. The van der Waals surface area contributed by atoms with Crippen molar-refractivity contribution < 1.29 is 4.74 Å². The van der Waals surface area contributed by atoms with Gasteiger partial charge in [0.25, 0.3) is 0 Å². The number of nitrogens with one attached hydrogen (secondary N) is 1. The minimum Gasteiger partial charge on any atom is -0.493 e. The van der Waals surface area contributed by atoms with E-state index < -0.39 is 0 Å². The highest BCUT2D eigenvalue weighted by Crippen LogP contribution is 2.26. The van der Waals surface area contributed by atoms with Crippen LogP contribution in [-0.2, 0) is 12.8 Å². The van der Waals surface area contributed by atoms with Gasteiger partial charge >= 0.3 is 0 Å². The van der Waals surface area contributed by atoms with E-state index >= 15 is 0 Å². The van der Waals surface area contributed by atoms with Gasteiger partial charge in [-0.15, -0.1) is 0 Å². The lowest BCUT2D eigenvalue weighted by molar-refractivity contribution is 0.126. The van der Waals surface area contributed by atoms with Crippen LogP contribution in [0.1, 0.15) is 25.0 Å². The quantitative estimate of drug-likeness (QED) is 0.910. The lowest BCUT2D eigenvalue weighted by Gasteiger charge is -2.38. The molecular formula is C17H26N2O. The Morgan fingerprint density at radius 3 is 3.15 bits per heavy atom. The number of piperazine rings is 1. The molecule has 1 aromatic carbocycles. The average molecular weight is 274 g/mol. The summed E-state index contributed by atoms with van der Waals surface area (Å²) in [4.78, 5) is 2.66. The zero-order valence-corrected chi connectivity index (χ0v) is 12.7. The van der Waals surface area contributed by atoms with Gasteiger partial charge in [-0.1, -0.05) is 26.0 Å². The number of hydrogen-bond donors (Lipinski definition) is 1. The van der Waals surface area contributed by atoms with Gasteiger partial charge in [0, 0.05) is 38.6 Å². The van der Waals surface area contributed by atoms with Crippen LogP contribution in [0.4, 0.5) is 0 Å². The minimum absolute atomic E-state index is 0.682. The van der Waals surface area contributed by atoms with Crippen molar-refractivity contribution in [1.29, 1.82) is 0 Å². The fraction of sp³-hybridized carbons (Fsp3) is 0.647. The Bertz CT molecular complexity index is 458. The van der Waals surface area contributed by atoms with Gasteiger partial charge in [0.15, 0.2) is 0 Å². The number of hydrogen-bond acceptors (Lipinski definition) is 3. The fourth-order valence-electron chi connectivity index (χ4n) is 3.37. The molecule has 3 heteroatoms. The maximum absolute atomic E-state index is 5.58. The Hall–Kier alpha value is -1.06. The smallest absolute Gasteiger partial charge is 0.122 e. The molecule has 1 aromatic rings. The molecule has 3 nitrogen and oxygen atoms in total. The van der Waals surface area contributed by atoms with E-state index in [1.807, 2.05) is 0 Å². The molecule has 3 rings (SSSR count). The summed E-state index contributed by atoms with van der Waals surface area (Å²) >= 11 is 0. The van der Waals surface area contributed by atoms with Crippen LogP contribution in [0.3, 0.4) is 0 Å². The van der Waals surface area contributed by atoms with E-state index in [1.54, 1.807) is 0 Å². The SMILES string of the molecule is CC(C)C1CNCCN1CCc1ccc2c(c1)CCO2. The van der Waals surface area contributed by atoms with Crippen LogP contribution in [0.5, 0.6) is 5.75 Å². The number of ether oxygens (including phenoxy) is 1. The second kappa shape index (κ2) is 6.15. The van der Waals surface area contributed by atoms with E-state index in [0.29, 0.717) is 6.04 Å². The maximum atomic E-state index is 5.58. The predicted octanol–water partition coefficient (Wildman–Crippen LogP) is 2.09. The highest BCUT2D eigenvalue weighted by Gasteiger charge is 2.24. The Morgan fingerprint density at radius 1 is 1.40 bits per heavy atom. The Morgan fingerprint density at radius 2 is 2.30 bits per heavy atom. The van der Waals surface area contributed by atoms with Crippen molar-refractivity contribution >= 4 is 0 Å². The maximum Gasteiger partial charge on any atom is 0.122 e. The van der Waals surface area contributed by atoms with Crippen LogP contribution in [0, 0.1) is 5.92 Å².